The van der Waals surface area contributed by atoms with Gasteiger partial charge < -0.3 is 9.72 Å². The van der Waals surface area contributed by atoms with Gasteiger partial charge in [-0.15, -0.1) is 0 Å². The van der Waals surface area contributed by atoms with Crippen molar-refractivity contribution in [3.63, 3.8) is 0 Å². The van der Waals surface area contributed by atoms with Crippen LogP contribution in [0.25, 0.3) is 10.9 Å². The molecule has 0 saturated carbocycles. The summed E-state index contributed by atoms with van der Waals surface area (Å²) in [4.78, 5) is 3.26. The molecule has 1 N–H and O–H groups in total. The third-order valence-corrected chi connectivity index (χ3v) is 3.22. The van der Waals surface area contributed by atoms with Crippen LogP contribution in [-0.4, -0.2) is 4.98 Å². The van der Waals surface area contributed by atoms with E-state index in [1.165, 1.54) is 23.1 Å². The molecule has 19 heavy (non-hydrogen) atoms. The average molecular weight is 255 g/mol. The standard InChI is InChI=1S/C16H14FNO/c1-11-3-2-4-15-12(9-18-16(11)15)10-19-14-7-5-13(17)6-8-14/h2-9,18H,10H2,1H3. The SMILES string of the molecule is Cc1cccc2c(COc3ccc(F)cc3)c[nH]c12. The summed E-state index contributed by atoms with van der Waals surface area (Å²) in [5.74, 6) is 0.415. The summed E-state index contributed by atoms with van der Waals surface area (Å²) in [6.07, 6.45) is 1.96. The van der Waals surface area contributed by atoms with Crippen LogP contribution >= 0.6 is 0 Å². The first-order valence-electron chi connectivity index (χ1n) is 6.18. The molecule has 3 heteroatoms. The summed E-state index contributed by atoms with van der Waals surface area (Å²) < 4.78 is 18.5. The first-order chi connectivity index (χ1) is 9.24. The van der Waals surface area contributed by atoms with Gasteiger partial charge in [0, 0.05) is 22.7 Å². The Bertz CT molecular complexity index is 700. The van der Waals surface area contributed by atoms with Crippen molar-refractivity contribution in [2.45, 2.75) is 13.5 Å². The van der Waals surface area contributed by atoms with Gasteiger partial charge in [-0.25, -0.2) is 4.39 Å². The van der Waals surface area contributed by atoms with Crippen LogP contribution in [0.5, 0.6) is 5.75 Å². The summed E-state index contributed by atoms with van der Waals surface area (Å²) in [5.41, 5.74) is 3.45. The normalized spacial score (nSPS) is 10.8. The van der Waals surface area contributed by atoms with Crippen molar-refractivity contribution in [1.82, 2.24) is 4.98 Å². The third-order valence-electron chi connectivity index (χ3n) is 3.22. The monoisotopic (exact) mass is 255 g/mol. The number of hydrogen-bond acceptors (Lipinski definition) is 1. The molecule has 0 spiro atoms. The van der Waals surface area contributed by atoms with Gasteiger partial charge in [0.1, 0.15) is 18.2 Å². The van der Waals surface area contributed by atoms with Gasteiger partial charge in [0.2, 0.25) is 0 Å². The summed E-state index contributed by atoms with van der Waals surface area (Å²) in [5, 5.41) is 1.17. The number of aromatic amines is 1. The van der Waals surface area contributed by atoms with Crippen LogP contribution in [-0.2, 0) is 6.61 Å². The molecule has 0 bridgehead atoms. The molecule has 3 aromatic rings. The molecule has 0 atom stereocenters. The Morgan fingerprint density at radius 1 is 1.11 bits per heavy atom. The fourth-order valence-electron chi connectivity index (χ4n) is 2.18. The minimum atomic E-state index is -0.255. The molecule has 2 nitrogen and oxygen atoms in total. The van der Waals surface area contributed by atoms with Crippen LogP contribution in [0.15, 0.2) is 48.7 Å². The third kappa shape index (κ3) is 2.32. The maximum absolute atomic E-state index is 12.8. The number of ether oxygens (including phenoxy) is 1. The highest BCUT2D eigenvalue weighted by Gasteiger charge is 2.05. The minimum absolute atomic E-state index is 0.255. The quantitative estimate of drug-likeness (QED) is 0.745. The smallest absolute Gasteiger partial charge is 0.123 e. The lowest BCUT2D eigenvalue weighted by Crippen LogP contribution is -1.94. The first kappa shape index (κ1) is 11.8. The summed E-state index contributed by atoms with van der Waals surface area (Å²) in [7, 11) is 0. The van der Waals surface area contributed by atoms with E-state index in [0.29, 0.717) is 12.4 Å². The Morgan fingerprint density at radius 2 is 1.89 bits per heavy atom. The molecule has 0 amide bonds. The Morgan fingerprint density at radius 3 is 2.68 bits per heavy atom. The van der Waals surface area contributed by atoms with E-state index in [0.717, 1.165) is 11.1 Å². The van der Waals surface area contributed by atoms with E-state index in [4.69, 9.17) is 4.74 Å². The van der Waals surface area contributed by atoms with Crippen LogP contribution < -0.4 is 4.74 Å². The molecule has 2 aromatic carbocycles. The lowest BCUT2D eigenvalue weighted by atomic mass is 10.1. The number of para-hydroxylation sites is 1. The maximum atomic E-state index is 12.8. The zero-order valence-corrected chi connectivity index (χ0v) is 10.6. The highest BCUT2D eigenvalue weighted by molar-refractivity contribution is 5.85. The number of H-pyrrole nitrogens is 1. The van der Waals surface area contributed by atoms with Gasteiger partial charge in [-0.05, 0) is 36.8 Å². The van der Waals surface area contributed by atoms with Gasteiger partial charge in [-0.3, -0.25) is 0 Å². The fourth-order valence-corrected chi connectivity index (χ4v) is 2.18. The number of benzene rings is 2. The van der Waals surface area contributed by atoms with Crippen molar-refractivity contribution in [2.24, 2.45) is 0 Å². The number of fused-ring (bicyclic) bond motifs is 1. The lowest BCUT2D eigenvalue weighted by molar-refractivity contribution is 0.307. The maximum Gasteiger partial charge on any atom is 0.123 e. The molecular weight excluding hydrogens is 241 g/mol. The van der Waals surface area contributed by atoms with Crippen molar-refractivity contribution in [1.29, 1.82) is 0 Å². The molecule has 1 heterocycles. The molecular formula is C16H14FNO. The molecule has 0 saturated heterocycles. The van der Waals surface area contributed by atoms with Crippen molar-refractivity contribution < 1.29 is 9.13 Å². The molecule has 0 aliphatic carbocycles. The lowest BCUT2D eigenvalue weighted by Gasteiger charge is -2.05. The van der Waals surface area contributed by atoms with Gasteiger partial charge >= 0.3 is 0 Å². The van der Waals surface area contributed by atoms with Crippen LogP contribution in [0.4, 0.5) is 4.39 Å². The number of nitrogens with one attached hydrogen (secondary N) is 1. The number of aromatic nitrogens is 1. The summed E-state index contributed by atoms with van der Waals surface area (Å²) in [6.45, 7) is 2.54. The Kier molecular flexibility index (Phi) is 2.95. The molecule has 3 rings (SSSR count). The molecule has 0 fully saturated rings. The van der Waals surface area contributed by atoms with Crippen LogP contribution in [0.2, 0.25) is 0 Å². The van der Waals surface area contributed by atoms with E-state index in [1.54, 1.807) is 12.1 Å². The summed E-state index contributed by atoms with van der Waals surface area (Å²) >= 11 is 0. The Hall–Kier alpha value is -2.29. The Balaban J connectivity index is 1.82. The second kappa shape index (κ2) is 4.76. The predicted molar refractivity (Wildman–Crippen MR) is 73.8 cm³/mol. The molecule has 96 valence electrons. The van der Waals surface area contributed by atoms with E-state index < -0.39 is 0 Å². The van der Waals surface area contributed by atoms with E-state index in [9.17, 15) is 4.39 Å². The summed E-state index contributed by atoms with van der Waals surface area (Å²) in [6, 6.07) is 12.2. The Labute approximate surface area is 110 Å². The van der Waals surface area contributed by atoms with Crippen molar-refractivity contribution in [3.05, 3.63) is 65.6 Å². The van der Waals surface area contributed by atoms with E-state index >= 15 is 0 Å². The van der Waals surface area contributed by atoms with Gasteiger partial charge in [0.25, 0.3) is 0 Å². The van der Waals surface area contributed by atoms with Crippen molar-refractivity contribution in [2.75, 3.05) is 0 Å². The van der Waals surface area contributed by atoms with Crippen LogP contribution in [0, 0.1) is 12.7 Å². The zero-order valence-electron chi connectivity index (χ0n) is 10.6. The predicted octanol–water partition coefficient (Wildman–Crippen LogP) is 4.19. The number of aryl methyl sites for hydroxylation is 1. The van der Waals surface area contributed by atoms with E-state index in [-0.39, 0.29) is 5.82 Å². The zero-order chi connectivity index (χ0) is 13.2. The highest BCUT2D eigenvalue weighted by atomic mass is 19.1. The van der Waals surface area contributed by atoms with Gasteiger partial charge in [-0.2, -0.15) is 0 Å². The molecule has 0 aliphatic rings. The average Bonchev–Trinajstić information content (AvgIpc) is 2.83. The van der Waals surface area contributed by atoms with Gasteiger partial charge in [-0.1, -0.05) is 18.2 Å². The first-order valence-corrected chi connectivity index (χ1v) is 6.18. The number of hydrogen-bond donors (Lipinski definition) is 1. The van der Waals surface area contributed by atoms with E-state index in [1.807, 2.05) is 12.3 Å². The minimum Gasteiger partial charge on any atom is -0.489 e. The highest BCUT2D eigenvalue weighted by Crippen LogP contribution is 2.22. The van der Waals surface area contributed by atoms with Crippen LogP contribution in [0.1, 0.15) is 11.1 Å². The van der Waals surface area contributed by atoms with Gasteiger partial charge in [0.05, 0.1) is 0 Å². The van der Waals surface area contributed by atoms with Crippen molar-refractivity contribution in [3.8, 4) is 5.75 Å². The molecule has 1 aromatic heterocycles. The van der Waals surface area contributed by atoms with Crippen molar-refractivity contribution >= 4 is 10.9 Å². The largest absolute Gasteiger partial charge is 0.489 e. The van der Waals surface area contributed by atoms with Gasteiger partial charge in [0.15, 0.2) is 0 Å². The number of rotatable bonds is 3. The number of halogens is 1. The topological polar surface area (TPSA) is 25.0 Å². The van der Waals surface area contributed by atoms with Crippen LogP contribution in [0.3, 0.4) is 0 Å². The molecule has 0 unspecified atom stereocenters. The second-order valence-corrected chi connectivity index (χ2v) is 4.55. The van der Waals surface area contributed by atoms with E-state index in [2.05, 4.69) is 24.0 Å². The molecule has 0 radical (unpaired) electrons. The fraction of sp³-hybridized carbons (Fsp3) is 0.125. The molecule has 0 aliphatic heterocycles. The second-order valence-electron chi connectivity index (χ2n) is 4.55.